The standard InChI is InChI=1S/C15H17ClFNO2S/c1-2-19-5-6-20-9-12-7-11(3-4-14(12)17)15-18-13(8-16)10-21-15/h3-4,7,10H,2,5-6,8-9H2,1H3. The highest BCUT2D eigenvalue weighted by molar-refractivity contribution is 7.13. The van der Waals surface area contributed by atoms with Crippen LogP contribution in [0.15, 0.2) is 23.6 Å². The molecule has 0 radical (unpaired) electrons. The van der Waals surface area contributed by atoms with Crippen LogP contribution in [0.3, 0.4) is 0 Å². The van der Waals surface area contributed by atoms with Crippen molar-refractivity contribution in [1.82, 2.24) is 4.98 Å². The molecule has 1 aromatic heterocycles. The minimum Gasteiger partial charge on any atom is -0.379 e. The van der Waals surface area contributed by atoms with E-state index in [1.807, 2.05) is 12.3 Å². The summed E-state index contributed by atoms with van der Waals surface area (Å²) in [5.41, 5.74) is 2.23. The number of rotatable bonds is 8. The molecule has 2 aromatic rings. The van der Waals surface area contributed by atoms with Crippen molar-refractivity contribution < 1.29 is 13.9 Å². The van der Waals surface area contributed by atoms with Gasteiger partial charge in [0.2, 0.25) is 0 Å². The van der Waals surface area contributed by atoms with Crippen molar-refractivity contribution in [3.63, 3.8) is 0 Å². The third-order valence-corrected chi connectivity index (χ3v) is 4.03. The molecular weight excluding hydrogens is 313 g/mol. The first-order valence-corrected chi connectivity index (χ1v) is 8.10. The average molecular weight is 330 g/mol. The molecule has 0 fully saturated rings. The first-order chi connectivity index (χ1) is 10.2. The molecule has 0 spiro atoms. The van der Waals surface area contributed by atoms with E-state index in [1.54, 1.807) is 12.1 Å². The summed E-state index contributed by atoms with van der Waals surface area (Å²) in [5, 5.41) is 2.74. The summed E-state index contributed by atoms with van der Waals surface area (Å²) in [5.74, 6) is 0.106. The van der Waals surface area contributed by atoms with Gasteiger partial charge >= 0.3 is 0 Å². The molecule has 0 saturated heterocycles. The molecule has 3 nitrogen and oxygen atoms in total. The fraction of sp³-hybridized carbons (Fsp3) is 0.400. The van der Waals surface area contributed by atoms with Gasteiger partial charge in [-0.1, -0.05) is 0 Å². The Bertz CT molecular complexity index is 577. The van der Waals surface area contributed by atoms with Crippen LogP contribution in [0.5, 0.6) is 0 Å². The number of ether oxygens (including phenoxy) is 2. The van der Waals surface area contributed by atoms with Crippen LogP contribution in [-0.2, 0) is 22.0 Å². The first-order valence-electron chi connectivity index (χ1n) is 6.69. The van der Waals surface area contributed by atoms with Gasteiger partial charge in [-0.3, -0.25) is 0 Å². The lowest BCUT2D eigenvalue weighted by Gasteiger charge is -2.07. The van der Waals surface area contributed by atoms with Gasteiger partial charge in [-0.15, -0.1) is 22.9 Å². The van der Waals surface area contributed by atoms with Gasteiger partial charge in [-0.05, 0) is 25.1 Å². The predicted molar refractivity (Wildman–Crippen MR) is 83.2 cm³/mol. The summed E-state index contributed by atoms with van der Waals surface area (Å²) < 4.78 is 24.4. The van der Waals surface area contributed by atoms with E-state index in [0.717, 1.165) is 16.3 Å². The molecule has 0 amide bonds. The highest BCUT2D eigenvalue weighted by atomic mass is 35.5. The SMILES string of the molecule is CCOCCOCc1cc(-c2nc(CCl)cs2)ccc1F. The second kappa shape index (κ2) is 8.44. The van der Waals surface area contributed by atoms with E-state index in [1.165, 1.54) is 17.4 Å². The van der Waals surface area contributed by atoms with Crippen molar-refractivity contribution in [2.45, 2.75) is 19.4 Å². The van der Waals surface area contributed by atoms with Crippen LogP contribution in [-0.4, -0.2) is 24.8 Å². The maximum absolute atomic E-state index is 13.8. The van der Waals surface area contributed by atoms with Crippen molar-refractivity contribution in [3.05, 3.63) is 40.7 Å². The fourth-order valence-corrected chi connectivity index (χ4v) is 2.81. The molecule has 114 valence electrons. The zero-order valence-electron chi connectivity index (χ0n) is 11.8. The lowest BCUT2D eigenvalue weighted by atomic mass is 10.1. The summed E-state index contributed by atoms with van der Waals surface area (Å²) in [6, 6.07) is 4.93. The molecule has 1 heterocycles. The molecule has 0 unspecified atom stereocenters. The van der Waals surface area contributed by atoms with Crippen molar-refractivity contribution in [2.75, 3.05) is 19.8 Å². The quantitative estimate of drug-likeness (QED) is 0.536. The maximum atomic E-state index is 13.8. The Morgan fingerprint density at radius 3 is 2.81 bits per heavy atom. The normalized spacial score (nSPS) is 11.0. The van der Waals surface area contributed by atoms with Crippen LogP contribution in [0.2, 0.25) is 0 Å². The average Bonchev–Trinajstić information content (AvgIpc) is 2.98. The van der Waals surface area contributed by atoms with E-state index in [4.69, 9.17) is 21.1 Å². The number of benzene rings is 1. The van der Waals surface area contributed by atoms with Gasteiger partial charge in [0.05, 0.1) is 31.4 Å². The van der Waals surface area contributed by atoms with E-state index in [9.17, 15) is 4.39 Å². The number of aromatic nitrogens is 1. The van der Waals surface area contributed by atoms with Gasteiger partial charge in [0.25, 0.3) is 0 Å². The smallest absolute Gasteiger partial charge is 0.128 e. The summed E-state index contributed by atoms with van der Waals surface area (Å²) in [6.45, 7) is 3.77. The summed E-state index contributed by atoms with van der Waals surface area (Å²) in [4.78, 5) is 4.39. The van der Waals surface area contributed by atoms with Gasteiger partial charge in [0, 0.05) is 23.1 Å². The molecule has 1 aromatic carbocycles. The largest absolute Gasteiger partial charge is 0.379 e. The number of nitrogens with zero attached hydrogens (tertiary/aromatic N) is 1. The zero-order valence-corrected chi connectivity index (χ0v) is 13.3. The molecule has 0 bridgehead atoms. The predicted octanol–water partition coefficient (Wildman–Crippen LogP) is 4.24. The molecule has 0 atom stereocenters. The van der Waals surface area contributed by atoms with Crippen LogP contribution >= 0.6 is 22.9 Å². The van der Waals surface area contributed by atoms with Gasteiger partial charge in [-0.2, -0.15) is 0 Å². The zero-order chi connectivity index (χ0) is 15.1. The maximum Gasteiger partial charge on any atom is 0.128 e. The van der Waals surface area contributed by atoms with Crippen molar-refractivity contribution in [2.24, 2.45) is 0 Å². The van der Waals surface area contributed by atoms with E-state index in [0.29, 0.717) is 31.3 Å². The number of thiazole rings is 1. The lowest BCUT2D eigenvalue weighted by molar-refractivity contribution is 0.0443. The Morgan fingerprint density at radius 2 is 2.10 bits per heavy atom. The van der Waals surface area contributed by atoms with Crippen LogP contribution < -0.4 is 0 Å². The third kappa shape index (κ3) is 4.74. The fourth-order valence-electron chi connectivity index (χ4n) is 1.76. The van der Waals surface area contributed by atoms with Gasteiger partial charge < -0.3 is 9.47 Å². The van der Waals surface area contributed by atoms with Crippen LogP contribution in [0.25, 0.3) is 10.6 Å². The van der Waals surface area contributed by atoms with Crippen LogP contribution in [0, 0.1) is 5.82 Å². The second-order valence-corrected chi connectivity index (χ2v) is 5.46. The molecule has 0 N–H and O–H groups in total. The minimum atomic E-state index is -0.274. The Labute approximate surface area is 132 Å². The van der Waals surface area contributed by atoms with Gasteiger partial charge in [0.1, 0.15) is 10.8 Å². The van der Waals surface area contributed by atoms with Crippen molar-refractivity contribution >= 4 is 22.9 Å². The van der Waals surface area contributed by atoms with Crippen molar-refractivity contribution in [1.29, 1.82) is 0 Å². The van der Waals surface area contributed by atoms with Gasteiger partial charge in [-0.25, -0.2) is 9.37 Å². The van der Waals surface area contributed by atoms with E-state index < -0.39 is 0 Å². The first kappa shape index (κ1) is 16.4. The van der Waals surface area contributed by atoms with Crippen LogP contribution in [0.4, 0.5) is 4.39 Å². The number of hydrogen-bond donors (Lipinski definition) is 0. The van der Waals surface area contributed by atoms with E-state index >= 15 is 0 Å². The van der Waals surface area contributed by atoms with Crippen molar-refractivity contribution in [3.8, 4) is 10.6 Å². The Kier molecular flexibility index (Phi) is 6.57. The monoisotopic (exact) mass is 329 g/mol. The lowest BCUT2D eigenvalue weighted by Crippen LogP contribution is -2.05. The highest BCUT2D eigenvalue weighted by Gasteiger charge is 2.09. The topological polar surface area (TPSA) is 31.4 Å². The molecule has 0 aliphatic heterocycles. The Balaban J connectivity index is 2.02. The molecule has 2 rings (SSSR count). The summed E-state index contributed by atoms with van der Waals surface area (Å²) >= 11 is 7.24. The highest BCUT2D eigenvalue weighted by Crippen LogP contribution is 2.26. The Morgan fingerprint density at radius 1 is 1.29 bits per heavy atom. The molecule has 0 aliphatic carbocycles. The van der Waals surface area contributed by atoms with Crippen LogP contribution in [0.1, 0.15) is 18.2 Å². The summed E-state index contributed by atoms with van der Waals surface area (Å²) in [7, 11) is 0. The number of alkyl halides is 1. The van der Waals surface area contributed by atoms with E-state index in [2.05, 4.69) is 4.98 Å². The molecule has 0 aliphatic rings. The number of halogens is 2. The second-order valence-electron chi connectivity index (χ2n) is 4.33. The number of hydrogen-bond acceptors (Lipinski definition) is 4. The molecule has 6 heteroatoms. The summed E-state index contributed by atoms with van der Waals surface area (Å²) in [6.07, 6.45) is 0. The minimum absolute atomic E-state index is 0.223. The molecule has 21 heavy (non-hydrogen) atoms. The third-order valence-electron chi connectivity index (χ3n) is 2.82. The molecular formula is C15H17ClFNO2S. The molecule has 0 saturated carbocycles. The van der Waals surface area contributed by atoms with E-state index in [-0.39, 0.29) is 12.4 Å². The van der Waals surface area contributed by atoms with Gasteiger partial charge in [0.15, 0.2) is 0 Å². The Hall–Kier alpha value is -1.01.